The lowest BCUT2D eigenvalue weighted by atomic mass is 9.65. The molecule has 1 spiro atoms. The lowest BCUT2D eigenvalue weighted by molar-refractivity contribution is -0.130. The highest BCUT2D eigenvalue weighted by Gasteiger charge is 2.48. The second kappa shape index (κ2) is 6.94. The molecule has 3 rings (SSSR count). The number of nitrogens with zero attached hydrogens (tertiary/aromatic N) is 1. The van der Waals surface area contributed by atoms with E-state index in [9.17, 15) is 18.4 Å². The molecule has 1 atom stereocenters. The van der Waals surface area contributed by atoms with Gasteiger partial charge in [-0.2, -0.15) is 8.78 Å². The number of alkyl halides is 2. The largest absolute Gasteiger partial charge is 0.435 e. The second-order valence-electron chi connectivity index (χ2n) is 8.12. The maximum atomic E-state index is 12.7. The van der Waals surface area contributed by atoms with Gasteiger partial charge in [0.15, 0.2) is 5.78 Å². The number of carbonyl (C=O) groups excluding carboxylic acids is 2. The van der Waals surface area contributed by atoms with Crippen molar-refractivity contribution in [2.45, 2.75) is 39.7 Å². The highest BCUT2D eigenvalue weighted by molar-refractivity contribution is 5.99. The van der Waals surface area contributed by atoms with Crippen molar-refractivity contribution >= 4 is 11.7 Å². The molecule has 1 saturated heterocycles. The molecule has 7 heteroatoms. The lowest BCUT2D eigenvalue weighted by Crippen LogP contribution is -2.42. The summed E-state index contributed by atoms with van der Waals surface area (Å²) in [6, 6.07) is 6.08. The van der Waals surface area contributed by atoms with E-state index < -0.39 is 12.0 Å². The summed E-state index contributed by atoms with van der Waals surface area (Å²) in [5.41, 5.74) is 6.18. The van der Waals surface area contributed by atoms with Crippen LogP contribution in [0.15, 0.2) is 36.0 Å². The number of likely N-dealkylation sites (tertiary alicyclic amines) is 1. The fourth-order valence-electron chi connectivity index (χ4n) is 4.24. The van der Waals surface area contributed by atoms with Crippen LogP contribution >= 0.6 is 0 Å². The van der Waals surface area contributed by atoms with E-state index in [1.54, 1.807) is 17.0 Å². The summed E-state index contributed by atoms with van der Waals surface area (Å²) in [4.78, 5) is 26.7. The number of halogens is 2. The minimum absolute atomic E-state index is 0.0314. The van der Waals surface area contributed by atoms with Crippen molar-refractivity contribution in [3.05, 3.63) is 41.6 Å². The van der Waals surface area contributed by atoms with E-state index in [4.69, 9.17) is 5.73 Å². The van der Waals surface area contributed by atoms with E-state index in [1.807, 2.05) is 19.9 Å². The average molecular weight is 378 g/mol. The summed E-state index contributed by atoms with van der Waals surface area (Å²) in [5.74, 6) is -0.00358. The topological polar surface area (TPSA) is 72.6 Å². The molecule has 1 aromatic rings. The fourth-order valence-corrected chi connectivity index (χ4v) is 4.24. The average Bonchev–Trinajstić information content (AvgIpc) is 2.97. The number of ketones is 1. The Morgan fingerprint density at radius 3 is 2.56 bits per heavy atom. The van der Waals surface area contributed by atoms with Crippen LogP contribution in [0.3, 0.4) is 0 Å². The Morgan fingerprint density at radius 1 is 1.30 bits per heavy atom. The molecular weight excluding hydrogens is 354 g/mol. The van der Waals surface area contributed by atoms with Gasteiger partial charge in [-0.1, -0.05) is 26.0 Å². The Morgan fingerprint density at radius 2 is 1.96 bits per heavy atom. The number of nitrogens with two attached hydrogens (primary N) is 1. The third kappa shape index (κ3) is 4.12. The van der Waals surface area contributed by atoms with Crippen molar-refractivity contribution < 1.29 is 23.1 Å². The number of Topliss-reactive ketones (excluding diaryl/α,β-unsaturated/α-hetero) is 1. The predicted octanol–water partition coefficient (Wildman–Crippen LogP) is 2.89. The highest BCUT2D eigenvalue weighted by atomic mass is 19.3. The molecule has 2 N–H and O–H groups in total. The zero-order chi connectivity index (χ0) is 19.8. The quantitative estimate of drug-likeness (QED) is 0.874. The van der Waals surface area contributed by atoms with Crippen LogP contribution < -0.4 is 10.5 Å². The Labute approximate surface area is 157 Å². The van der Waals surface area contributed by atoms with Crippen LogP contribution in [-0.4, -0.2) is 36.3 Å². The van der Waals surface area contributed by atoms with Crippen molar-refractivity contribution in [3.63, 3.8) is 0 Å². The van der Waals surface area contributed by atoms with Gasteiger partial charge in [-0.3, -0.25) is 9.59 Å². The smallest absolute Gasteiger partial charge is 0.387 e. The molecule has 1 heterocycles. The van der Waals surface area contributed by atoms with Crippen LogP contribution in [0.5, 0.6) is 5.75 Å². The number of benzene rings is 1. The molecule has 0 bridgehead atoms. The maximum absolute atomic E-state index is 12.7. The summed E-state index contributed by atoms with van der Waals surface area (Å²) in [6.07, 6.45) is 3.47. The molecule has 1 aliphatic carbocycles. The number of carbonyl (C=O) groups is 2. The molecule has 146 valence electrons. The molecular formula is C20H24F2N2O3. The van der Waals surface area contributed by atoms with Gasteiger partial charge in [0.05, 0.1) is 12.1 Å². The van der Waals surface area contributed by atoms with Gasteiger partial charge in [-0.15, -0.1) is 0 Å². The number of ether oxygens (including phenoxy) is 1. The normalized spacial score (nSPS) is 24.4. The first-order valence-electron chi connectivity index (χ1n) is 8.95. The Balaban J connectivity index is 1.65. The summed E-state index contributed by atoms with van der Waals surface area (Å²) >= 11 is 0. The molecule has 1 fully saturated rings. The van der Waals surface area contributed by atoms with Crippen molar-refractivity contribution in [1.29, 1.82) is 0 Å². The molecule has 1 aliphatic heterocycles. The summed E-state index contributed by atoms with van der Waals surface area (Å²) in [6.45, 7) is 2.06. The lowest BCUT2D eigenvalue weighted by Gasteiger charge is -2.39. The van der Waals surface area contributed by atoms with Crippen LogP contribution in [0.2, 0.25) is 0 Å². The van der Waals surface area contributed by atoms with E-state index in [0.717, 1.165) is 12.0 Å². The summed E-state index contributed by atoms with van der Waals surface area (Å²) in [7, 11) is 0. The SMILES string of the molecule is CC1(C)C[C@]2(C=C(N)C1=O)CCN(C(=O)Cc1ccc(OC(F)F)cc1)C2. The highest BCUT2D eigenvalue weighted by Crippen LogP contribution is 2.47. The van der Waals surface area contributed by atoms with Crippen molar-refractivity contribution in [2.24, 2.45) is 16.6 Å². The van der Waals surface area contributed by atoms with Gasteiger partial charge in [-0.25, -0.2) is 0 Å². The predicted molar refractivity (Wildman–Crippen MR) is 96.1 cm³/mol. The fraction of sp³-hybridized carbons (Fsp3) is 0.500. The van der Waals surface area contributed by atoms with Crippen molar-refractivity contribution in [3.8, 4) is 5.75 Å². The zero-order valence-corrected chi connectivity index (χ0v) is 15.5. The van der Waals surface area contributed by atoms with Crippen molar-refractivity contribution in [1.82, 2.24) is 4.90 Å². The number of amides is 1. The van der Waals surface area contributed by atoms with E-state index >= 15 is 0 Å². The maximum Gasteiger partial charge on any atom is 0.387 e. The number of hydrogen-bond acceptors (Lipinski definition) is 4. The van der Waals surface area contributed by atoms with Gasteiger partial charge in [-0.05, 0) is 36.6 Å². The Kier molecular flexibility index (Phi) is 4.97. The van der Waals surface area contributed by atoms with Gasteiger partial charge in [0, 0.05) is 23.9 Å². The van der Waals surface area contributed by atoms with E-state index in [-0.39, 0.29) is 35.0 Å². The molecule has 0 aromatic heterocycles. The van der Waals surface area contributed by atoms with Crippen molar-refractivity contribution in [2.75, 3.05) is 13.1 Å². The molecule has 27 heavy (non-hydrogen) atoms. The van der Waals surface area contributed by atoms with E-state index in [2.05, 4.69) is 4.74 Å². The van der Waals surface area contributed by atoms with Crippen LogP contribution in [0.1, 0.15) is 32.3 Å². The molecule has 1 amide bonds. The van der Waals surface area contributed by atoms with Gasteiger partial charge < -0.3 is 15.4 Å². The number of rotatable bonds is 4. The first-order valence-corrected chi connectivity index (χ1v) is 8.95. The summed E-state index contributed by atoms with van der Waals surface area (Å²) in [5, 5.41) is 0. The zero-order valence-electron chi connectivity index (χ0n) is 15.5. The molecule has 0 saturated carbocycles. The van der Waals surface area contributed by atoms with Gasteiger partial charge >= 0.3 is 6.61 Å². The standard InChI is InChI=1S/C20H24F2N2O3/c1-19(2)11-20(10-15(23)17(19)26)7-8-24(12-20)16(25)9-13-3-5-14(6-4-13)27-18(21)22/h3-6,10,18H,7-9,11-12,23H2,1-2H3/t20-/m1/s1. The minimum atomic E-state index is -2.87. The van der Waals surface area contributed by atoms with E-state index in [0.29, 0.717) is 19.5 Å². The van der Waals surface area contributed by atoms with Gasteiger partial charge in [0.25, 0.3) is 0 Å². The van der Waals surface area contributed by atoms with Crippen LogP contribution in [0.25, 0.3) is 0 Å². The monoisotopic (exact) mass is 378 g/mol. The van der Waals surface area contributed by atoms with Crippen LogP contribution in [0, 0.1) is 10.8 Å². The molecule has 0 radical (unpaired) electrons. The molecule has 1 aromatic carbocycles. The van der Waals surface area contributed by atoms with Crippen LogP contribution in [0.4, 0.5) is 8.78 Å². The number of hydrogen-bond donors (Lipinski definition) is 1. The molecule has 2 aliphatic rings. The Bertz CT molecular complexity index is 774. The second-order valence-corrected chi connectivity index (χ2v) is 8.12. The Hall–Kier alpha value is -2.44. The van der Waals surface area contributed by atoms with Gasteiger partial charge in [0.2, 0.25) is 5.91 Å². The van der Waals surface area contributed by atoms with Crippen LogP contribution in [-0.2, 0) is 16.0 Å². The third-order valence-electron chi connectivity index (χ3n) is 5.37. The van der Waals surface area contributed by atoms with E-state index in [1.165, 1.54) is 12.1 Å². The number of allylic oxidation sites excluding steroid dienone is 1. The van der Waals surface area contributed by atoms with Gasteiger partial charge in [0.1, 0.15) is 5.75 Å². The molecule has 0 unspecified atom stereocenters. The summed E-state index contributed by atoms with van der Waals surface area (Å²) < 4.78 is 28.7. The third-order valence-corrected chi connectivity index (χ3v) is 5.37. The molecule has 5 nitrogen and oxygen atoms in total. The first kappa shape index (κ1) is 19.3. The first-order chi connectivity index (χ1) is 12.6. The minimum Gasteiger partial charge on any atom is -0.435 e.